The molecular weight excluding hydrogens is 374 g/mol. The number of nitrogens with one attached hydrogen (secondary N) is 1. The van der Waals surface area contributed by atoms with Crippen LogP contribution in [0.1, 0.15) is 59.3 Å². The van der Waals surface area contributed by atoms with Crippen molar-refractivity contribution in [1.29, 1.82) is 0 Å². The number of likely N-dealkylation sites (tertiary alicyclic amines) is 1. The number of carbonyl (C=O) groups excluding carboxylic acids is 2. The molecule has 0 radical (unpaired) electrons. The minimum atomic E-state index is -1.13. The number of furan rings is 1. The molecule has 2 N–H and O–H groups in total. The van der Waals surface area contributed by atoms with Gasteiger partial charge in [-0.2, -0.15) is 0 Å². The molecule has 1 aliphatic rings. The Morgan fingerprint density at radius 1 is 1.41 bits per heavy atom. The van der Waals surface area contributed by atoms with Gasteiger partial charge in [0.05, 0.1) is 0 Å². The smallest absolute Gasteiger partial charge is 0.289 e. The highest BCUT2D eigenvalue weighted by Gasteiger charge is 2.27. The van der Waals surface area contributed by atoms with Crippen LogP contribution >= 0.6 is 0 Å². The number of nitrogens with zero attached hydrogens (tertiary/aromatic N) is 2. The first kappa shape index (κ1) is 20.7. The van der Waals surface area contributed by atoms with Crippen molar-refractivity contribution in [3.05, 3.63) is 41.2 Å². The predicted molar refractivity (Wildman–Crippen MR) is 104 cm³/mol. The minimum absolute atomic E-state index is 0.147. The maximum absolute atomic E-state index is 12.7. The molecule has 2 aromatic rings. The van der Waals surface area contributed by atoms with Crippen LogP contribution in [0.15, 0.2) is 27.1 Å². The maximum Gasteiger partial charge on any atom is 0.289 e. The number of aryl methyl sites for hydroxylation is 1. The van der Waals surface area contributed by atoms with Crippen LogP contribution in [0.25, 0.3) is 0 Å². The fourth-order valence-electron chi connectivity index (χ4n) is 3.11. The van der Waals surface area contributed by atoms with Crippen LogP contribution in [0, 0.1) is 24.7 Å². The largest absolute Gasteiger partial charge is 0.443 e. The second-order valence-electron chi connectivity index (χ2n) is 7.77. The van der Waals surface area contributed by atoms with E-state index in [1.807, 2.05) is 0 Å². The topological polar surface area (TPSA) is 109 Å². The van der Waals surface area contributed by atoms with E-state index >= 15 is 0 Å². The zero-order valence-electron chi connectivity index (χ0n) is 16.8. The second kappa shape index (κ2) is 8.53. The summed E-state index contributed by atoms with van der Waals surface area (Å²) in [7, 11) is 0. The van der Waals surface area contributed by atoms with E-state index in [0.717, 1.165) is 12.8 Å². The van der Waals surface area contributed by atoms with E-state index in [1.165, 1.54) is 0 Å². The monoisotopic (exact) mass is 399 g/mol. The molecule has 154 valence electrons. The maximum atomic E-state index is 12.7. The van der Waals surface area contributed by atoms with Crippen LogP contribution in [0.5, 0.6) is 0 Å². The van der Waals surface area contributed by atoms with Crippen LogP contribution < -0.4 is 5.32 Å². The summed E-state index contributed by atoms with van der Waals surface area (Å²) >= 11 is 0. The SMILES string of the molecule is Cc1cc(C(=O)NCC2CCCN(C(=O)c3ccc(C#CC(C)(C)O)o3)C2)no1. The quantitative estimate of drug-likeness (QED) is 0.761. The zero-order valence-corrected chi connectivity index (χ0v) is 16.8. The number of aromatic nitrogens is 1. The third-order valence-electron chi connectivity index (χ3n) is 4.53. The van der Waals surface area contributed by atoms with Gasteiger partial charge in [0.2, 0.25) is 0 Å². The number of aliphatic hydroxyl groups is 1. The van der Waals surface area contributed by atoms with Gasteiger partial charge in [-0.05, 0) is 57.6 Å². The Kier molecular flexibility index (Phi) is 6.09. The average molecular weight is 399 g/mol. The van der Waals surface area contributed by atoms with Gasteiger partial charge in [-0.3, -0.25) is 9.59 Å². The summed E-state index contributed by atoms with van der Waals surface area (Å²) < 4.78 is 10.4. The van der Waals surface area contributed by atoms with E-state index in [1.54, 1.807) is 43.9 Å². The molecule has 0 aliphatic carbocycles. The van der Waals surface area contributed by atoms with Gasteiger partial charge in [0.25, 0.3) is 11.8 Å². The van der Waals surface area contributed by atoms with Crippen molar-refractivity contribution in [3.63, 3.8) is 0 Å². The van der Waals surface area contributed by atoms with Gasteiger partial charge in [-0.15, -0.1) is 0 Å². The molecule has 3 heterocycles. The lowest BCUT2D eigenvalue weighted by molar-refractivity contribution is 0.0638. The lowest BCUT2D eigenvalue weighted by atomic mass is 9.97. The summed E-state index contributed by atoms with van der Waals surface area (Å²) in [5.41, 5.74) is -0.881. The first-order chi connectivity index (χ1) is 13.7. The molecule has 0 aromatic carbocycles. The first-order valence-electron chi connectivity index (χ1n) is 9.57. The van der Waals surface area contributed by atoms with Gasteiger partial charge < -0.3 is 24.3 Å². The van der Waals surface area contributed by atoms with Crippen molar-refractivity contribution in [2.45, 2.75) is 39.2 Å². The molecule has 29 heavy (non-hydrogen) atoms. The summed E-state index contributed by atoms with van der Waals surface area (Å²) in [6, 6.07) is 4.80. The number of carbonyl (C=O) groups is 2. The molecule has 1 saturated heterocycles. The second-order valence-corrected chi connectivity index (χ2v) is 7.77. The van der Waals surface area contributed by atoms with E-state index in [4.69, 9.17) is 8.94 Å². The average Bonchev–Trinajstić information content (AvgIpc) is 3.33. The molecule has 8 nitrogen and oxygen atoms in total. The van der Waals surface area contributed by atoms with Crippen molar-refractivity contribution in [2.24, 2.45) is 5.92 Å². The summed E-state index contributed by atoms with van der Waals surface area (Å²) in [6.07, 6.45) is 1.77. The third kappa shape index (κ3) is 5.72. The molecule has 1 aliphatic heterocycles. The minimum Gasteiger partial charge on any atom is -0.443 e. The van der Waals surface area contributed by atoms with Crippen LogP contribution in [0.4, 0.5) is 0 Å². The van der Waals surface area contributed by atoms with Gasteiger partial charge in [0, 0.05) is 25.7 Å². The molecule has 8 heteroatoms. The molecular formula is C21H25N3O5. The molecule has 1 unspecified atom stereocenters. The predicted octanol–water partition coefficient (Wildman–Crippen LogP) is 1.98. The Balaban J connectivity index is 1.56. The number of hydrogen-bond donors (Lipinski definition) is 2. The Labute approximate surface area is 169 Å². The summed E-state index contributed by atoms with van der Waals surface area (Å²) in [5, 5.41) is 16.2. The van der Waals surface area contributed by atoms with Crippen LogP contribution in [-0.4, -0.2) is 52.2 Å². The summed E-state index contributed by atoms with van der Waals surface area (Å²) in [5.74, 6) is 6.16. The van der Waals surface area contributed by atoms with Crippen LogP contribution in [-0.2, 0) is 0 Å². The number of rotatable bonds is 4. The molecule has 2 amide bonds. The van der Waals surface area contributed by atoms with E-state index in [2.05, 4.69) is 22.3 Å². The van der Waals surface area contributed by atoms with Crippen LogP contribution in [0.2, 0.25) is 0 Å². The molecule has 3 rings (SSSR count). The third-order valence-corrected chi connectivity index (χ3v) is 4.53. The van der Waals surface area contributed by atoms with E-state index in [0.29, 0.717) is 31.2 Å². The molecule has 0 spiro atoms. The van der Waals surface area contributed by atoms with Crippen molar-refractivity contribution in [3.8, 4) is 11.8 Å². The summed E-state index contributed by atoms with van der Waals surface area (Å²) in [6.45, 7) is 6.50. The lowest BCUT2D eigenvalue weighted by Crippen LogP contribution is -2.43. The molecule has 1 atom stereocenters. The first-order valence-corrected chi connectivity index (χ1v) is 9.57. The Hall–Kier alpha value is -3.05. The van der Waals surface area contributed by atoms with Gasteiger partial charge in [0.15, 0.2) is 17.2 Å². The Morgan fingerprint density at radius 3 is 2.90 bits per heavy atom. The highest BCUT2D eigenvalue weighted by atomic mass is 16.5. The molecule has 1 fully saturated rings. The number of piperidine rings is 1. The fourth-order valence-corrected chi connectivity index (χ4v) is 3.11. The zero-order chi connectivity index (χ0) is 21.0. The summed E-state index contributed by atoms with van der Waals surface area (Å²) in [4.78, 5) is 26.6. The molecule has 0 bridgehead atoms. The van der Waals surface area contributed by atoms with Crippen molar-refractivity contribution >= 4 is 11.8 Å². The highest BCUT2D eigenvalue weighted by molar-refractivity contribution is 5.92. The van der Waals surface area contributed by atoms with E-state index in [9.17, 15) is 14.7 Å². The van der Waals surface area contributed by atoms with E-state index < -0.39 is 5.60 Å². The fraction of sp³-hybridized carbons (Fsp3) is 0.476. The van der Waals surface area contributed by atoms with Crippen molar-refractivity contribution in [1.82, 2.24) is 15.4 Å². The van der Waals surface area contributed by atoms with Gasteiger partial charge in [-0.1, -0.05) is 11.1 Å². The Bertz CT molecular complexity index is 941. The van der Waals surface area contributed by atoms with Crippen LogP contribution in [0.3, 0.4) is 0 Å². The molecule has 0 saturated carbocycles. The van der Waals surface area contributed by atoms with Gasteiger partial charge >= 0.3 is 0 Å². The van der Waals surface area contributed by atoms with E-state index in [-0.39, 0.29) is 29.2 Å². The number of hydrogen-bond acceptors (Lipinski definition) is 6. The highest BCUT2D eigenvalue weighted by Crippen LogP contribution is 2.19. The van der Waals surface area contributed by atoms with Crippen molar-refractivity contribution in [2.75, 3.05) is 19.6 Å². The lowest BCUT2D eigenvalue weighted by Gasteiger charge is -2.32. The van der Waals surface area contributed by atoms with Gasteiger partial charge in [-0.25, -0.2) is 0 Å². The normalized spacial score (nSPS) is 16.8. The standard InChI is InChI=1S/C21H25N3O5/c1-14-11-17(23-29-14)19(25)22-12-15-5-4-10-24(13-15)20(26)18-7-6-16(28-18)8-9-21(2,3)27/h6-7,11,15,27H,4-5,10,12-13H2,1-3H3,(H,22,25). The number of amides is 2. The molecule has 2 aromatic heterocycles. The Morgan fingerprint density at radius 2 is 2.21 bits per heavy atom. The van der Waals surface area contributed by atoms with Crippen molar-refractivity contribution < 1.29 is 23.6 Å². The van der Waals surface area contributed by atoms with Gasteiger partial charge in [0.1, 0.15) is 11.4 Å².